The fourth-order valence-corrected chi connectivity index (χ4v) is 2.04. The van der Waals surface area contributed by atoms with Crippen LogP contribution < -0.4 is 0 Å². The Balaban J connectivity index is 2.42. The van der Waals surface area contributed by atoms with Gasteiger partial charge in [-0.1, -0.05) is 39.7 Å². The van der Waals surface area contributed by atoms with E-state index in [9.17, 15) is 4.79 Å². The number of alkyl halides is 1. The molecule has 0 radical (unpaired) electrons. The molecule has 4 nitrogen and oxygen atoms in total. The number of hydrogen-bond donors (Lipinski definition) is 0. The van der Waals surface area contributed by atoms with Gasteiger partial charge in [-0.3, -0.25) is 4.79 Å². The molecule has 1 aromatic carbocycles. The van der Waals surface area contributed by atoms with Crippen molar-refractivity contribution in [1.82, 2.24) is 14.8 Å². The average molecular weight is 315 g/mol. The van der Waals surface area contributed by atoms with Gasteiger partial charge in [0.1, 0.15) is 12.7 Å². The van der Waals surface area contributed by atoms with E-state index in [0.717, 1.165) is 0 Å². The Morgan fingerprint density at radius 3 is 2.76 bits per heavy atom. The number of nitrogens with zero attached hydrogens (tertiary/aromatic N) is 3. The highest BCUT2D eigenvalue weighted by Gasteiger charge is 2.34. The number of halogens is 2. The predicted octanol–water partition coefficient (Wildman–Crippen LogP) is 2.88. The lowest BCUT2D eigenvalue weighted by Crippen LogP contribution is -2.33. The molecule has 0 spiro atoms. The van der Waals surface area contributed by atoms with Crippen molar-refractivity contribution in [2.24, 2.45) is 0 Å². The van der Waals surface area contributed by atoms with Crippen molar-refractivity contribution in [1.29, 1.82) is 0 Å². The Hall–Kier alpha value is -1.20. The lowest BCUT2D eigenvalue weighted by atomic mass is 10.1. The number of rotatable bonds is 3. The monoisotopic (exact) mass is 313 g/mol. The maximum absolute atomic E-state index is 12.4. The summed E-state index contributed by atoms with van der Waals surface area (Å²) in [4.78, 5) is 16.2. The SMILES string of the molecule is CC(Br)(C(=O)c1ccccc1Cl)n1cncn1. The van der Waals surface area contributed by atoms with Crippen molar-refractivity contribution in [2.45, 2.75) is 11.4 Å². The molecule has 2 aromatic rings. The molecule has 0 bridgehead atoms. The zero-order valence-corrected chi connectivity index (χ0v) is 11.3. The lowest BCUT2D eigenvalue weighted by molar-refractivity contribution is 0.0908. The molecule has 0 aliphatic heterocycles. The first kappa shape index (κ1) is 12.3. The molecular weight excluding hydrogens is 305 g/mol. The van der Waals surface area contributed by atoms with Gasteiger partial charge < -0.3 is 0 Å². The molecule has 0 N–H and O–H groups in total. The Labute approximate surface area is 112 Å². The number of Topliss-reactive ketones (excluding diaryl/α,β-unsaturated/α-hetero) is 1. The van der Waals surface area contributed by atoms with Gasteiger partial charge in [0.15, 0.2) is 4.45 Å². The molecule has 0 saturated heterocycles. The van der Waals surface area contributed by atoms with Crippen LogP contribution in [0, 0.1) is 0 Å². The van der Waals surface area contributed by atoms with Crippen LogP contribution in [0.25, 0.3) is 0 Å². The molecule has 1 unspecified atom stereocenters. The Bertz CT molecular complexity index is 539. The molecule has 88 valence electrons. The average Bonchev–Trinajstić information content (AvgIpc) is 2.83. The van der Waals surface area contributed by atoms with E-state index in [1.54, 1.807) is 31.2 Å². The van der Waals surface area contributed by atoms with Gasteiger partial charge >= 0.3 is 0 Å². The molecule has 0 saturated carbocycles. The van der Waals surface area contributed by atoms with Gasteiger partial charge in [0, 0.05) is 5.56 Å². The van der Waals surface area contributed by atoms with Crippen LogP contribution in [-0.2, 0) is 4.45 Å². The van der Waals surface area contributed by atoms with Crippen molar-refractivity contribution in [3.05, 3.63) is 47.5 Å². The smallest absolute Gasteiger partial charge is 0.202 e. The fourth-order valence-electron chi connectivity index (χ4n) is 1.42. The second-order valence-corrected chi connectivity index (χ2v) is 5.55. The topological polar surface area (TPSA) is 47.8 Å². The summed E-state index contributed by atoms with van der Waals surface area (Å²) in [6, 6.07) is 6.91. The highest BCUT2D eigenvalue weighted by Crippen LogP contribution is 2.30. The molecule has 0 aliphatic carbocycles. The summed E-state index contributed by atoms with van der Waals surface area (Å²) in [6.07, 6.45) is 2.85. The summed E-state index contributed by atoms with van der Waals surface area (Å²) >= 11 is 9.36. The van der Waals surface area contributed by atoms with Gasteiger partial charge in [0.25, 0.3) is 0 Å². The number of carbonyl (C=O) groups is 1. The van der Waals surface area contributed by atoms with Crippen molar-refractivity contribution < 1.29 is 4.79 Å². The molecule has 17 heavy (non-hydrogen) atoms. The quantitative estimate of drug-likeness (QED) is 0.646. The minimum atomic E-state index is -0.992. The molecule has 0 amide bonds. The standard InChI is InChI=1S/C11H9BrClN3O/c1-11(12,16-7-14-6-15-16)10(17)8-4-2-3-5-9(8)13/h2-7H,1H3. The van der Waals surface area contributed by atoms with E-state index in [4.69, 9.17) is 11.6 Å². The fraction of sp³-hybridized carbons (Fsp3) is 0.182. The zero-order chi connectivity index (χ0) is 12.5. The van der Waals surface area contributed by atoms with Crippen LogP contribution in [0.1, 0.15) is 17.3 Å². The van der Waals surface area contributed by atoms with E-state index in [1.807, 2.05) is 0 Å². The van der Waals surface area contributed by atoms with E-state index >= 15 is 0 Å². The van der Waals surface area contributed by atoms with E-state index in [-0.39, 0.29) is 5.78 Å². The summed E-state index contributed by atoms with van der Waals surface area (Å²) in [6.45, 7) is 1.70. The third kappa shape index (κ3) is 2.25. The van der Waals surface area contributed by atoms with E-state index in [2.05, 4.69) is 26.0 Å². The summed E-state index contributed by atoms with van der Waals surface area (Å²) in [5.74, 6) is -0.173. The highest BCUT2D eigenvalue weighted by atomic mass is 79.9. The first-order chi connectivity index (χ1) is 8.03. The van der Waals surface area contributed by atoms with Crippen LogP contribution in [0.3, 0.4) is 0 Å². The summed E-state index contributed by atoms with van der Waals surface area (Å²) in [5, 5.41) is 4.38. The van der Waals surface area contributed by atoms with Crippen molar-refractivity contribution in [2.75, 3.05) is 0 Å². The Morgan fingerprint density at radius 1 is 1.47 bits per heavy atom. The number of ketones is 1. The number of carbonyl (C=O) groups excluding carboxylic acids is 1. The second kappa shape index (κ2) is 4.58. The molecule has 2 rings (SSSR count). The van der Waals surface area contributed by atoms with Crippen LogP contribution in [0.5, 0.6) is 0 Å². The maximum atomic E-state index is 12.4. The van der Waals surface area contributed by atoms with E-state index < -0.39 is 4.45 Å². The summed E-state index contributed by atoms with van der Waals surface area (Å²) < 4.78 is 0.452. The Morgan fingerprint density at radius 2 is 2.18 bits per heavy atom. The highest BCUT2D eigenvalue weighted by molar-refractivity contribution is 9.10. The van der Waals surface area contributed by atoms with Gasteiger partial charge in [-0.15, -0.1) is 0 Å². The lowest BCUT2D eigenvalue weighted by Gasteiger charge is -2.21. The number of aromatic nitrogens is 3. The zero-order valence-electron chi connectivity index (χ0n) is 8.97. The van der Waals surface area contributed by atoms with Gasteiger partial charge in [0.2, 0.25) is 5.78 Å². The molecule has 0 aliphatic rings. The van der Waals surface area contributed by atoms with Crippen LogP contribution in [0.2, 0.25) is 5.02 Å². The largest absolute Gasteiger partial charge is 0.290 e. The molecule has 0 fully saturated rings. The van der Waals surface area contributed by atoms with Crippen molar-refractivity contribution in [3.63, 3.8) is 0 Å². The first-order valence-electron chi connectivity index (χ1n) is 4.87. The van der Waals surface area contributed by atoms with Gasteiger partial charge in [-0.2, -0.15) is 5.10 Å². The molecule has 1 atom stereocenters. The third-order valence-corrected chi connectivity index (χ3v) is 3.43. The first-order valence-corrected chi connectivity index (χ1v) is 6.04. The van der Waals surface area contributed by atoms with Crippen LogP contribution in [0.15, 0.2) is 36.9 Å². The van der Waals surface area contributed by atoms with Gasteiger partial charge in [0.05, 0.1) is 5.02 Å². The third-order valence-electron chi connectivity index (χ3n) is 2.38. The van der Waals surface area contributed by atoms with Gasteiger partial charge in [-0.05, 0) is 19.1 Å². The normalized spacial score (nSPS) is 14.3. The van der Waals surface area contributed by atoms with Crippen molar-refractivity contribution in [3.8, 4) is 0 Å². The van der Waals surface area contributed by atoms with E-state index in [1.165, 1.54) is 17.3 Å². The molecule has 1 aromatic heterocycles. The van der Waals surface area contributed by atoms with Crippen LogP contribution in [-0.4, -0.2) is 20.5 Å². The molecule has 1 heterocycles. The summed E-state index contributed by atoms with van der Waals surface area (Å²) in [7, 11) is 0. The predicted molar refractivity (Wildman–Crippen MR) is 68.4 cm³/mol. The van der Waals surface area contributed by atoms with Crippen LogP contribution >= 0.6 is 27.5 Å². The number of hydrogen-bond acceptors (Lipinski definition) is 3. The molecular formula is C11H9BrClN3O. The van der Waals surface area contributed by atoms with Gasteiger partial charge in [-0.25, -0.2) is 9.67 Å². The van der Waals surface area contributed by atoms with Crippen molar-refractivity contribution >= 4 is 33.3 Å². The van der Waals surface area contributed by atoms with Crippen LogP contribution in [0.4, 0.5) is 0 Å². The summed E-state index contributed by atoms with van der Waals surface area (Å²) in [5.41, 5.74) is 0.448. The van der Waals surface area contributed by atoms with E-state index in [0.29, 0.717) is 10.6 Å². The second-order valence-electron chi connectivity index (χ2n) is 3.60. The molecule has 6 heteroatoms. The maximum Gasteiger partial charge on any atom is 0.202 e. The minimum Gasteiger partial charge on any atom is -0.290 e. The number of benzene rings is 1. The minimum absolute atomic E-state index is 0.173. The Kier molecular flexibility index (Phi) is 3.31.